The van der Waals surface area contributed by atoms with Gasteiger partial charge < -0.3 is 9.47 Å². The largest absolute Gasteiger partial charge is 0.493 e. The van der Waals surface area contributed by atoms with Gasteiger partial charge >= 0.3 is 6.18 Å². The van der Waals surface area contributed by atoms with E-state index in [9.17, 15) is 17.6 Å². The minimum Gasteiger partial charge on any atom is -0.493 e. The fourth-order valence-electron chi connectivity index (χ4n) is 2.05. The first kappa shape index (κ1) is 16.7. The summed E-state index contributed by atoms with van der Waals surface area (Å²) >= 11 is 0. The third-order valence-corrected chi connectivity index (χ3v) is 3.21. The van der Waals surface area contributed by atoms with E-state index in [1.54, 1.807) is 6.07 Å². The molecule has 0 spiro atoms. The first-order valence-electron chi connectivity index (χ1n) is 6.98. The highest BCUT2D eigenvalue weighted by molar-refractivity contribution is 5.55. The number of aromatic amines is 1. The van der Waals surface area contributed by atoms with Crippen molar-refractivity contribution in [3.05, 3.63) is 54.0 Å². The van der Waals surface area contributed by atoms with Gasteiger partial charge in [-0.25, -0.2) is 9.37 Å². The molecule has 2 heterocycles. The van der Waals surface area contributed by atoms with E-state index < -0.39 is 17.7 Å². The maximum atomic E-state index is 13.2. The highest BCUT2D eigenvalue weighted by Gasteiger charge is 2.33. The van der Waals surface area contributed by atoms with Gasteiger partial charge in [0.25, 0.3) is 0 Å². The van der Waals surface area contributed by atoms with Crippen LogP contribution in [0.2, 0.25) is 0 Å². The number of halogens is 4. The molecule has 0 atom stereocenters. The number of ether oxygens (including phenoxy) is 2. The summed E-state index contributed by atoms with van der Waals surface area (Å²) < 4.78 is 61.7. The SMILES string of the molecule is COc1cc(F)ccc1Oc1cccc(-c2cc(C(F)(F)F)[nH]n2)n1. The minimum absolute atomic E-state index is 0.0175. The molecule has 0 saturated heterocycles. The molecular weight excluding hydrogens is 342 g/mol. The Balaban J connectivity index is 1.88. The van der Waals surface area contributed by atoms with Gasteiger partial charge in [-0.05, 0) is 24.3 Å². The topological polar surface area (TPSA) is 60.0 Å². The number of rotatable bonds is 4. The second-order valence-corrected chi connectivity index (χ2v) is 4.92. The number of hydrogen-bond donors (Lipinski definition) is 1. The fourth-order valence-corrected chi connectivity index (χ4v) is 2.05. The maximum absolute atomic E-state index is 13.2. The van der Waals surface area contributed by atoms with Crippen molar-refractivity contribution in [3.8, 4) is 28.8 Å². The third-order valence-electron chi connectivity index (χ3n) is 3.21. The van der Waals surface area contributed by atoms with Gasteiger partial charge in [0, 0.05) is 12.1 Å². The Morgan fingerprint density at radius 1 is 1.00 bits per heavy atom. The van der Waals surface area contributed by atoms with Crippen molar-refractivity contribution in [1.82, 2.24) is 15.2 Å². The van der Waals surface area contributed by atoms with E-state index in [0.717, 1.165) is 12.1 Å². The van der Waals surface area contributed by atoms with Gasteiger partial charge in [0.1, 0.15) is 17.2 Å². The summed E-state index contributed by atoms with van der Waals surface area (Å²) in [7, 11) is 1.36. The molecule has 0 bridgehead atoms. The summed E-state index contributed by atoms with van der Waals surface area (Å²) in [5, 5.41) is 5.53. The van der Waals surface area contributed by atoms with Gasteiger partial charge in [-0.15, -0.1) is 0 Å². The smallest absolute Gasteiger partial charge is 0.432 e. The lowest BCUT2D eigenvalue weighted by molar-refractivity contribution is -0.141. The molecular formula is C16H11F4N3O2. The molecule has 3 rings (SSSR count). The van der Waals surface area contributed by atoms with Crippen molar-refractivity contribution >= 4 is 0 Å². The molecule has 2 aromatic heterocycles. The summed E-state index contributed by atoms with van der Waals surface area (Å²) in [5.41, 5.74) is -0.773. The van der Waals surface area contributed by atoms with Gasteiger partial charge in [0.15, 0.2) is 11.5 Å². The zero-order valence-corrected chi connectivity index (χ0v) is 12.8. The van der Waals surface area contributed by atoms with Gasteiger partial charge in [-0.3, -0.25) is 5.10 Å². The number of pyridine rings is 1. The Labute approximate surface area is 139 Å². The third kappa shape index (κ3) is 3.70. The van der Waals surface area contributed by atoms with Crippen molar-refractivity contribution in [1.29, 1.82) is 0 Å². The van der Waals surface area contributed by atoms with Crippen molar-refractivity contribution in [2.24, 2.45) is 0 Å². The lowest BCUT2D eigenvalue weighted by atomic mass is 10.2. The van der Waals surface area contributed by atoms with Crippen LogP contribution in [0.25, 0.3) is 11.4 Å². The number of methoxy groups -OCH3 is 1. The Kier molecular flexibility index (Phi) is 4.30. The molecule has 25 heavy (non-hydrogen) atoms. The molecule has 1 aromatic carbocycles. The standard InChI is InChI=1S/C16H11F4N3O2/c1-24-13-7-9(17)5-6-12(13)25-15-4-2-3-10(21-15)11-8-14(23-22-11)16(18,19)20/h2-8H,1H3,(H,22,23). The molecule has 0 amide bonds. The molecule has 5 nitrogen and oxygen atoms in total. The molecule has 0 saturated carbocycles. The lowest BCUT2D eigenvalue weighted by Crippen LogP contribution is -2.04. The van der Waals surface area contributed by atoms with E-state index in [1.165, 1.54) is 31.4 Å². The van der Waals surface area contributed by atoms with Crippen LogP contribution in [-0.2, 0) is 6.18 Å². The van der Waals surface area contributed by atoms with Gasteiger partial charge in [0.05, 0.1) is 12.8 Å². The molecule has 0 radical (unpaired) electrons. The summed E-state index contributed by atoms with van der Waals surface area (Å²) in [4.78, 5) is 4.11. The van der Waals surface area contributed by atoms with Gasteiger partial charge in [-0.1, -0.05) is 6.07 Å². The molecule has 0 unspecified atom stereocenters. The average molecular weight is 353 g/mol. The molecule has 1 N–H and O–H groups in total. The van der Waals surface area contributed by atoms with Crippen LogP contribution in [0, 0.1) is 5.82 Å². The van der Waals surface area contributed by atoms with E-state index >= 15 is 0 Å². The lowest BCUT2D eigenvalue weighted by Gasteiger charge is -2.10. The normalized spacial score (nSPS) is 11.4. The van der Waals surface area contributed by atoms with Crippen LogP contribution in [0.5, 0.6) is 17.4 Å². The van der Waals surface area contributed by atoms with Crippen molar-refractivity contribution < 1.29 is 27.0 Å². The summed E-state index contributed by atoms with van der Waals surface area (Å²) in [6, 6.07) is 9.08. The number of hydrogen-bond acceptors (Lipinski definition) is 4. The van der Waals surface area contributed by atoms with Crippen molar-refractivity contribution in [2.75, 3.05) is 7.11 Å². The Morgan fingerprint density at radius 3 is 2.48 bits per heavy atom. The molecule has 0 aliphatic carbocycles. The van der Waals surface area contributed by atoms with Gasteiger partial charge in [0.2, 0.25) is 5.88 Å². The molecule has 3 aromatic rings. The van der Waals surface area contributed by atoms with E-state index in [2.05, 4.69) is 10.1 Å². The highest BCUT2D eigenvalue weighted by Crippen LogP contribution is 2.33. The number of nitrogens with one attached hydrogen (secondary N) is 1. The first-order chi connectivity index (χ1) is 11.9. The molecule has 9 heteroatoms. The van der Waals surface area contributed by atoms with E-state index in [4.69, 9.17) is 9.47 Å². The molecule has 130 valence electrons. The Morgan fingerprint density at radius 2 is 1.80 bits per heavy atom. The van der Waals surface area contributed by atoms with Crippen LogP contribution < -0.4 is 9.47 Å². The van der Waals surface area contributed by atoms with Crippen LogP contribution >= 0.6 is 0 Å². The van der Waals surface area contributed by atoms with Crippen LogP contribution in [0.15, 0.2) is 42.5 Å². The zero-order valence-electron chi connectivity index (χ0n) is 12.8. The number of aromatic nitrogens is 3. The molecule has 0 fully saturated rings. The Hall–Kier alpha value is -3.10. The summed E-state index contributed by atoms with van der Waals surface area (Å²) in [5.74, 6) is -0.0287. The predicted octanol–water partition coefficient (Wildman–Crippen LogP) is 4.43. The molecule has 0 aliphatic heterocycles. The number of benzene rings is 1. The second-order valence-electron chi connectivity index (χ2n) is 4.92. The summed E-state index contributed by atoms with van der Waals surface area (Å²) in [6.45, 7) is 0. The minimum atomic E-state index is -4.53. The fraction of sp³-hybridized carbons (Fsp3) is 0.125. The van der Waals surface area contributed by atoms with Crippen LogP contribution in [0.3, 0.4) is 0 Å². The molecule has 0 aliphatic rings. The van der Waals surface area contributed by atoms with Crippen LogP contribution in [-0.4, -0.2) is 22.3 Å². The zero-order chi connectivity index (χ0) is 18.0. The number of nitrogens with zero attached hydrogens (tertiary/aromatic N) is 2. The summed E-state index contributed by atoms with van der Waals surface area (Å²) in [6.07, 6.45) is -4.53. The quantitative estimate of drug-likeness (QED) is 0.705. The van der Waals surface area contributed by atoms with Crippen LogP contribution in [0.1, 0.15) is 5.69 Å². The monoisotopic (exact) mass is 353 g/mol. The van der Waals surface area contributed by atoms with E-state index in [1.807, 2.05) is 5.10 Å². The van der Waals surface area contributed by atoms with E-state index in [-0.39, 0.29) is 28.8 Å². The van der Waals surface area contributed by atoms with Crippen molar-refractivity contribution in [3.63, 3.8) is 0 Å². The Bertz CT molecular complexity index is 893. The number of alkyl halides is 3. The predicted molar refractivity (Wildman–Crippen MR) is 79.8 cm³/mol. The van der Waals surface area contributed by atoms with Crippen LogP contribution in [0.4, 0.5) is 17.6 Å². The van der Waals surface area contributed by atoms with Crippen molar-refractivity contribution in [2.45, 2.75) is 6.18 Å². The average Bonchev–Trinajstić information content (AvgIpc) is 3.07. The number of H-pyrrole nitrogens is 1. The highest BCUT2D eigenvalue weighted by atomic mass is 19.4. The first-order valence-corrected chi connectivity index (χ1v) is 6.98. The van der Waals surface area contributed by atoms with Gasteiger partial charge in [-0.2, -0.15) is 18.3 Å². The van der Waals surface area contributed by atoms with E-state index in [0.29, 0.717) is 0 Å². The second kappa shape index (κ2) is 6.42. The maximum Gasteiger partial charge on any atom is 0.432 e.